The van der Waals surface area contributed by atoms with Crippen LogP contribution in [0.3, 0.4) is 0 Å². The van der Waals surface area contributed by atoms with Crippen molar-refractivity contribution in [3.05, 3.63) is 50.9 Å². The van der Waals surface area contributed by atoms with Gasteiger partial charge in [-0.15, -0.1) is 11.3 Å². The number of carbonyl (C=O) groups excluding carboxylic acids is 1. The summed E-state index contributed by atoms with van der Waals surface area (Å²) < 4.78 is 0. The SMILES string of the molecule is CC(=O)c1cc([N+](=O)[O-])c(N(C)c2ccccc2C#N)s1. The first kappa shape index (κ1) is 14.7. The van der Waals surface area contributed by atoms with Crippen molar-refractivity contribution in [2.45, 2.75) is 6.92 Å². The molecule has 0 spiro atoms. The van der Waals surface area contributed by atoms with Crippen molar-refractivity contribution < 1.29 is 9.72 Å². The van der Waals surface area contributed by atoms with Gasteiger partial charge in [0.15, 0.2) is 10.8 Å². The van der Waals surface area contributed by atoms with E-state index in [2.05, 4.69) is 6.07 Å². The Morgan fingerprint density at radius 3 is 2.67 bits per heavy atom. The predicted molar refractivity (Wildman–Crippen MR) is 80.2 cm³/mol. The van der Waals surface area contributed by atoms with Crippen LogP contribution in [0.25, 0.3) is 0 Å². The van der Waals surface area contributed by atoms with Crippen LogP contribution in [0.5, 0.6) is 0 Å². The van der Waals surface area contributed by atoms with E-state index in [1.54, 1.807) is 36.2 Å². The fourth-order valence-electron chi connectivity index (χ4n) is 1.89. The molecule has 106 valence electrons. The largest absolute Gasteiger partial charge is 0.330 e. The summed E-state index contributed by atoms with van der Waals surface area (Å²) in [5, 5.41) is 20.6. The first-order chi connectivity index (χ1) is 9.95. The van der Waals surface area contributed by atoms with Gasteiger partial charge in [-0.1, -0.05) is 12.1 Å². The Balaban J connectivity index is 2.58. The molecule has 0 bridgehead atoms. The molecule has 2 rings (SSSR count). The molecule has 0 aliphatic heterocycles. The van der Waals surface area contributed by atoms with E-state index < -0.39 is 4.92 Å². The Hall–Kier alpha value is -2.72. The molecular weight excluding hydrogens is 290 g/mol. The minimum atomic E-state index is -0.524. The monoisotopic (exact) mass is 301 g/mol. The second-order valence-electron chi connectivity index (χ2n) is 4.30. The van der Waals surface area contributed by atoms with Crippen LogP contribution in [0, 0.1) is 21.4 Å². The highest BCUT2D eigenvalue weighted by Gasteiger charge is 2.25. The van der Waals surface area contributed by atoms with Gasteiger partial charge in [0.25, 0.3) is 0 Å². The Labute approximate surface area is 125 Å². The number of nitrogens with zero attached hydrogens (tertiary/aromatic N) is 3. The number of benzene rings is 1. The van der Waals surface area contributed by atoms with Crippen LogP contribution in [-0.4, -0.2) is 17.8 Å². The van der Waals surface area contributed by atoms with E-state index in [1.165, 1.54) is 13.0 Å². The number of ketones is 1. The van der Waals surface area contributed by atoms with Crippen LogP contribution >= 0.6 is 11.3 Å². The van der Waals surface area contributed by atoms with E-state index in [4.69, 9.17) is 5.26 Å². The number of nitriles is 1. The molecule has 21 heavy (non-hydrogen) atoms. The highest BCUT2D eigenvalue weighted by molar-refractivity contribution is 7.18. The lowest BCUT2D eigenvalue weighted by atomic mass is 10.2. The molecule has 0 aliphatic rings. The number of thiophene rings is 1. The summed E-state index contributed by atoms with van der Waals surface area (Å²) in [6, 6.07) is 10.1. The molecule has 0 atom stereocenters. The van der Waals surface area contributed by atoms with E-state index in [1.807, 2.05) is 0 Å². The molecule has 0 saturated heterocycles. The van der Waals surface area contributed by atoms with Gasteiger partial charge in [-0.3, -0.25) is 14.9 Å². The summed E-state index contributed by atoms with van der Waals surface area (Å²) in [7, 11) is 1.64. The fraction of sp³-hybridized carbons (Fsp3) is 0.143. The molecule has 1 heterocycles. The normalized spacial score (nSPS) is 9.95. The van der Waals surface area contributed by atoms with Crippen molar-refractivity contribution in [1.82, 2.24) is 0 Å². The second kappa shape index (κ2) is 5.73. The van der Waals surface area contributed by atoms with Crippen molar-refractivity contribution in [2.75, 3.05) is 11.9 Å². The summed E-state index contributed by atoms with van der Waals surface area (Å²) in [6.07, 6.45) is 0. The van der Waals surface area contributed by atoms with Crippen LogP contribution in [0.2, 0.25) is 0 Å². The van der Waals surface area contributed by atoms with Crippen LogP contribution in [0.4, 0.5) is 16.4 Å². The number of para-hydroxylation sites is 1. The molecular formula is C14H11N3O3S. The summed E-state index contributed by atoms with van der Waals surface area (Å²) in [5.41, 5.74) is 0.826. The lowest BCUT2D eigenvalue weighted by Gasteiger charge is -2.17. The van der Waals surface area contributed by atoms with Crippen molar-refractivity contribution in [1.29, 1.82) is 5.26 Å². The van der Waals surface area contributed by atoms with Gasteiger partial charge in [0, 0.05) is 13.1 Å². The standard InChI is InChI=1S/C14H11N3O3S/c1-9(18)13-7-12(17(19)20)14(21-13)16(2)11-6-4-3-5-10(11)8-15/h3-7H,1-2H3. The van der Waals surface area contributed by atoms with Crippen molar-refractivity contribution >= 4 is 33.5 Å². The maximum Gasteiger partial charge on any atom is 0.304 e. The van der Waals surface area contributed by atoms with Crippen LogP contribution in [0.15, 0.2) is 30.3 Å². The average molecular weight is 301 g/mol. The van der Waals surface area contributed by atoms with E-state index >= 15 is 0 Å². The zero-order chi connectivity index (χ0) is 15.6. The number of hydrogen-bond donors (Lipinski definition) is 0. The van der Waals surface area contributed by atoms with Crippen molar-refractivity contribution in [3.8, 4) is 6.07 Å². The van der Waals surface area contributed by atoms with E-state index in [0.29, 0.717) is 21.1 Å². The highest BCUT2D eigenvalue weighted by Crippen LogP contribution is 2.41. The highest BCUT2D eigenvalue weighted by atomic mass is 32.1. The smallest absolute Gasteiger partial charge is 0.304 e. The van der Waals surface area contributed by atoms with E-state index in [9.17, 15) is 14.9 Å². The maximum absolute atomic E-state index is 11.4. The third kappa shape index (κ3) is 2.75. The number of nitro groups is 1. The van der Waals surface area contributed by atoms with Gasteiger partial charge in [-0.25, -0.2) is 0 Å². The molecule has 0 unspecified atom stereocenters. The molecule has 7 heteroatoms. The van der Waals surface area contributed by atoms with Gasteiger partial charge in [0.1, 0.15) is 6.07 Å². The summed E-state index contributed by atoms with van der Waals surface area (Å²) in [4.78, 5) is 23.9. The molecule has 2 aromatic rings. The second-order valence-corrected chi connectivity index (χ2v) is 5.33. The first-order valence-corrected chi connectivity index (χ1v) is 6.79. The van der Waals surface area contributed by atoms with Crippen molar-refractivity contribution in [2.24, 2.45) is 0 Å². The zero-order valence-electron chi connectivity index (χ0n) is 11.4. The van der Waals surface area contributed by atoms with E-state index in [0.717, 1.165) is 11.3 Å². The minimum absolute atomic E-state index is 0.138. The molecule has 1 aromatic carbocycles. The number of rotatable bonds is 4. The van der Waals surface area contributed by atoms with Gasteiger partial charge in [0.05, 0.1) is 21.1 Å². The Morgan fingerprint density at radius 1 is 1.43 bits per heavy atom. The van der Waals surface area contributed by atoms with Crippen LogP contribution in [0.1, 0.15) is 22.2 Å². The van der Waals surface area contributed by atoms with Gasteiger partial charge >= 0.3 is 5.69 Å². The third-order valence-electron chi connectivity index (χ3n) is 2.93. The average Bonchev–Trinajstić information content (AvgIpc) is 2.92. The summed E-state index contributed by atoms with van der Waals surface area (Å²) >= 11 is 1.04. The molecule has 0 radical (unpaired) electrons. The van der Waals surface area contributed by atoms with E-state index in [-0.39, 0.29) is 11.5 Å². The third-order valence-corrected chi connectivity index (χ3v) is 4.23. The first-order valence-electron chi connectivity index (χ1n) is 5.97. The predicted octanol–water partition coefficient (Wildman–Crippen LogP) is 3.50. The number of carbonyl (C=O) groups is 1. The summed E-state index contributed by atoms with van der Waals surface area (Å²) in [5.74, 6) is -0.226. The molecule has 1 aromatic heterocycles. The Kier molecular flexibility index (Phi) is 4.00. The number of Topliss-reactive ketones (excluding diaryl/α,β-unsaturated/α-hetero) is 1. The van der Waals surface area contributed by atoms with Crippen LogP contribution < -0.4 is 4.90 Å². The molecule has 0 amide bonds. The maximum atomic E-state index is 11.4. The molecule has 6 nitrogen and oxygen atoms in total. The Bertz CT molecular complexity index is 761. The van der Waals surface area contributed by atoms with Crippen LogP contribution in [-0.2, 0) is 0 Å². The number of hydrogen-bond acceptors (Lipinski definition) is 6. The van der Waals surface area contributed by atoms with Gasteiger partial charge in [-0.05, 0) is 19.1 Å². The minimum Gasteiger partial charge on any atom is -0.330 e. The Morgan fingerprint density at radius 2 is 2.10 bits per heavy atom. The molecule has 0 N–H and O–H groups in total. The quantitative estimate of drug-likeness (QED) is 0.490. The van der Waals surface area contributed by atoms with Gasteiger partial charge in [0.2, 0.25) is 0 Å². The van der Waals surface area contributed by atoms with Gasteiger partial charge < -0.3 is 4.90 Å². The topological polar surface area (TPSA) is 87.2 Å². The number of anilines is 2. The lowest BCUT2D eigenvalue weighted by molar-refractivity contribution is -0.383. The van der Waals surface area contributed by atoms with Crippen molar-refractivity contribution in [3.63, 3.8) is 0 Å². The summed E-state index contributed by atoms with van der Waals surface area (Å²) in [6.45, 7) is 1.36. The molecule has 0 saturated carbocycles. The lowest BCUT2D eigenvalue weighted by Crippen LogP contribution is -2.10. The molecule has 0 aliphatic carbocycles. The van der Waals surface area contributed by atoms with Gasteiger partial charge in [-0.2, -0.15) is 5.26 Å². The molecule has 0 fully saturated rings. The zero-order valence-corrected chi connectivity index (χ0v) is 12.2. The fourth-order valence-corrected chi connectivity index (χ4v) is 2.88.